The lowest BCUT2D eigenvalue weighted by Crippen LogP contribution is -2.34. The Morgan fingerprint density at radius 1 is 1.00 bits per heavy atom. The number of rotatable bonds is 5. The van der Waals surface area contributed by atoms with Gasteiger partial charge in [-0.15, -0.1) is 0 Å². The van der Waals surface area contributed by atoms with Crippen molar-refractivity contribution in [3.63, 3.8) is 0 Å². The summed E-state index contributed by atoms with van der Waals surface area (Å²) in [4.78, 5) is 35.8. The standard InChI is InChI=1S/C21H22ClNO4/c1-21(2,3)16-10-8-14(9-11-16)20(26)23-18(24)13-27-19(25)12-15-6-4-5-7-17(15)22/h4-11H,12-13H2,1-3H3,(H,23,24,26). The number of carbonyl (C=O) groups excluding carboxylic acids is 3. The zero-order valence-corrected chi connectivity index (χ0v) is 16.3. The molecule has 27 heavy (non-hydrogen) atoms. The first-order chi connectivity index (χ1) is 12.7. The van der Waals surface area contributed by atoms with Crippen LogP contribution in [0.4, 0.5) is 0 Å². The highest BCUT2D eigenvalue weighted by molar-refractivity contribution is 6.31. The van der Waals surface area contributed by atoms with Gasteiger partial charge in [-0.05, 0) is 34.7 Å². The van der Waals surface area contributed by atoms with Crippen molar-refractivity contribution in [2.24, 2.45) is 0 Å². The second-order valence-electron chi connectivity index (χ2n) is 7.13. The number of esters is 1. The predicted octanol–water partition coefficient (Wildman–Crippen LogP) is 3.68. The first-order valence-corrected chi connectivity index (χ1v) is 8.88. The number of hydrogen-bond acceptors (Lipinski definition) is 4. The van der Waals surface area contributed by atoms with Gasteiger partial charge in [0.25, 0.3) is 11.8 Å². The molecule has 0 heterocycles. The number of halogens is 1. The van der Waals surface area contributed by atoms with Crippen molar-refractivity contribution in [2.45, 2.75) is 32.6 Å². The van der Waals surface area contributed by atoms with Crippen molar-refractivity contribution in [3.8, 4) is 0 Å². The molecule has 6 heteroatoms. The van der Waals surface area contributed by atoms with Crippen molar-refractivity contribution in [1.29, 1.82) is 0 Å². The molecule has 0 spiro atoms. The van der Waals surface area contributed by atoms with Crippen molar-refractivity contribution in [1.82, 2.24) is 5.32 Å². The van der Waals surface area contributed by atoms with Gasteiger partial charge in [0.1, 0.15) is 0 Å². The summed E-state index contributed by atoms with van der Waals surface area (Å²) in [6, 6.07) is 13.9. The van der Waals surface area contributed by atoms with E-state index in [1.807, 2.05) is 12.1 Å². The van der Waals surface area contributed by atoms with Crippen LogP contribution < -0.4 is 5.32 Å². The minimum atomic E-state index is -0.688. The van der Waals surface area contributed by atoms with Gasteiger partial charge in [-0.25, -0.2) is 0 Å². The fourth-order valence-corrected chi connectivity index (χ4v) is 2.55. The minimum absolute atomic E-state index is 0.0271. The lowest BCUT2D eigenvalue weighted by molar-refractivity contribution is -0.147. The van der Waals surface area contributed by atoms with Crippen LogP contribution in [0.2, 0.25) is 5.02 Å². The molecular weight excluding hydrogens is 366 g/mol. The van der Waals surface area contributed by atoms with E-state index in [2.05, 4.69) is 26.1 Å². The Morgan fingerprint density at radius 2 is 1.63 bits per heavy atom. The number of amides is 2. The van der Waals surface area contributed by atoms with Crippen LogP contribution in [0, 0.1) is 0 Å². The highest BCUT2D eigenvalue weighted by Gasteiger charge is 2.16. The SMILES string of the molecule is CC(C)(C)c1ccc(C(=O)NC(=O)COC(=O)Cc2ccccc2Cl)cc1. The molecule has 0 aromatic heterocycles. The smallest absolute Gasteiger partial charge is 0.310 e. The highest BCUT2D eigenvalue weighted by atomic mass is 35.5. The maximum absolute atomic E-state index is 12.1. The molecule has 2 aromatic carbocycles. The Labute approximate surface area is 163 Å². The van der Waals surface area contributed by atoms with Crippen molar-refractivity contribution >= 4 is 29.4 Å². The number of imide groups is 1. The molecule has 2 amide bonds. The maximum Gasteiger partial charge on any atom is 0.310 e. The van der Waals surface area contributed by atoms with Gasteiger partial charge in [-0.2, -0.15) is 0 Å². The van der Waals surface area contributed by atoms with E-state index in [1.54, 1.807) is 36.4 Å². The molecule has 142 valence electrons. The van der Waals surface area contributed by atoms with Gasteiger partial charge in [0.2, 0.25) is 0 Å². The molecule has 2 aromatic rings. The van der Waals surface area contributed by atoms with E-state index in [0.29, 0.717) is 16.1 Å². The third kappa shape index (κ3) is 6.22. The molecule has 0 atom stereocenters. The Bertz CT molecular complexity index is 838. The zero-order chi connectivity index (χ0) is 20.0. The molecule has 5 nitrogen and oxygen atoms in total. The zero-order valence-electron chi connectivity index (χ0n) is 15.5. The summed E-state index contributed by atoms with van der Waals surface area (Å²) in [5.74, 6) is -1.82. The molecule has 2 rings (SSSR count). The molecule has 0 fully saturated rings. The van der Waals surface area contributed by atoms with E-state index in [0.717, 1.165) is 5.56 Å². The van der Waals surface area contributed by atoms with Crippen LogP contribution in [-0.2, 0) is 26.2 Å². The predicted molar refractivity (Wildman–Crippen MR) is 104 cm³/mol. The van der Waals surface area contributed by atoms with Crippen LogP contribution >= 0.6 is 11.6 Å². The fourth-order valence-electron chi connectivity index (χ4n) is 2.35. The molecular formula is C21H22ClNO4. The average molecular weight is 388 g/mol. The van der Waals surface area contributed by atoms with Gasteiger partial charge in [0.15, 0.2) is 6.61 Å². The monoisotopic (exact) mass is 387 g/mol. The fraction of sp³-hybridized carbons (Fsp3) is 0.286. The molecule has 0 aliphatic carbocycles. The van der Waals surface area contributed by atoms with Gasteiger partial charge < -0.3 is 4.74 Å². The van der Waals surface area contributed by atoms with E-state index in [4.69, 9.17) is 16.3 Å². The van der Waals surface area contributed by atoms with Crippen LogP contribution in [0.25, 0.3) is 0 Å². The maximum atomic E-state index is 12.1. The highest BCUT2D eigenvalue weighted by Crippen LogP contribution is 2.22. The second kappa shape index (κ2) is 8.82. The van der Waals surface area contributed by atoms with Crippen LogP contribution in [0.5, 0.6) is 0 Å². The van der Waals surface area contributed by atoms with Crippen molar-refractivity contribution in [2.75, 3.05) is 6.61 Å². The van der Waals surface area contributed by atoms with Crippen LogP contribution in [0.15, 0.2) is 48.5 Å². The molecule has 1 N–H and O–H groups in total. The number of benzene rings is 2. The summed E-state index contributed by atoms with van der Waals surface area (Å²) in [5, 5.41) is 2.66. The van der Waals surface area contributed by atoms with Crippen LogP contribution in [-0.4, -0.2) is 24.4 Å². The quantitative estimate of drug-likeness (QED) is 0.794. The third-order valence-electron chi connectivity index (χ3n) is 3.92. The van der Waals surface area contributed by atoms with Gasteiger partial charge in [0, 0.05) is 10.6 Å². The lowest BCUT2D eigenvalue weighted by atomic mass is 9.87. The van der Waals surface area contributed by atoms with E-state index < -0.39 is 24.4 Å². The Hall–Kier alpha value is -2.66. The van der Waals surface area contributed by atoms with Gasteiger partial charge >= 0.3 is 5.97 Å². The molecule has 0 saturated carbocycles. The molecule has 0 bridgehead atoms. The Kier molecular flexibility index (Phi) is 6.75. The van der Waals surface area contributed by atoms with Gasteiger partial charge in [0.05, 0.1) is 6.42 Å². The van der Waals surface area contributed by atoms with E-state index in [9.17, 15) is 14.4 Å². The van der Waals surface area contributed by atoms with Crippen molar-refractivity contribution < 1.29 is 19.1 Å². The summed E-state index contributed by atoms with van der Waals surface area (Å²) in [7, 11) is 0. The summed E-state index contributed by atoms with van der Waals surface area (Å²) in [5.41, 5.74) is 2.03. The van der Waals surface area contributed by atoms with Gasteiger partial charge in [-0.1, -0.05) is 62.7 Å². The summed E-state index contributed by atoms with van der Waals surface area (Å²) in [6.07, 6.45) is -0.0465. The summed E-state index contributed by atoms with van der Waals surface area (Å²) < 4.78 is 4.90. The second-order valence-corrected chi connectivity index (χ2v) is 7.54. The number of nitrogens with one attached hydrogen (secondary N) is 1. The lowest BCUT2D eigenvalue weighted by Gasteiger charge is -2.19. The number of carbonyl (C=O) groups is 3. The first kappa shape index (κ1) is 20.6. The number of ether oxygens (including phenoxy) is 1. The molecule has 0 radical (unpaired) electrons. The summed E-state index contributed by atoms with van der Waals surface area (Å²) in [6.45, 7) is 5.68. The largest absolute Gasteiger partial charge is 0.455 e. The number of hydrogen-bond donors (Lipinski definition) is 1. The van der Waals surface area contributed by atoms with E-state index >= 15 is 0 Å². The van der Waals surface area contributed by atoms with Crippen LogP contribution in [0.1, 0.15) is 42.3 Å². The summed E-state index contributed by atoms with van der Waals surface area (Å²) >= 11 is 5.98. The molecule has 0 unspecified atom stereocenters. The average Bonchev–Trinajstić information content (AvgIpc) is 2.61. The van der Waals surface area contributed by atoms with Crippen molar-refractivity contribution in [3.05, 3.63) is 70.2 Å². The van der Waals surface area contributed by atoms with Crippen LogP contribution in [0.3, 0.4) is 0 Å². The Morgan fingerprint density at radius 3 is 2.22 bits per heavy atom. The molecule has 0 saturated heterocycles. The third-order valence-corrected chi connectivity index (χ3v) is 4.29. The first-order valence-electron chi connectivity index (χ1n) is 8.50. The molecule has 0 aliphatic rings. The Balaban J connectivity index is 1.83. The topological polar surface area (TPSA) is 72.5 Å². The van der Waals surface area contributed by atoms with E-state index in [-0.39, 0.29) is 11.8 Å². The van der Waals surface area contributed by atoms with Gasteiger partial charge in [-0.3, -0.25) is 19.7 Å². The normalized spacial score (nSPS) is 11.0. The molecule has 0 aliphatic heterocycles. The van der Waals surface area contributed by atoms with E-state index in [1.165, 1.54) is 0 Å². The minimum Gasteiger partial charge on any atom is -0.455 e.